The second-order valence-corrected chi connectivity index (χ2v) is 10.7. The van der Waals surface area contributed by atoms with Gasteiger partial charge in [-0.05, 0) is 50.9 Å². The number of hydrogen-bond donors (Lipinski definition) is 9. The summed E-state index contributed by atoms with van der Waals surface area (Å²) < 4.78 is 0. The first-order chi connectivity index (χ1) is 20.3. The van der Waals surface area contributed by atoms with E-state index in [9.17, 15) is 4.79 Å². The van der Waals surface area contributed by atoms with Crippen molar-refractivity contribution in [2.75, 3.05) is 118 Å². The molecular weight excluding hydrogens is 516 g/mol. The lowest BCUT2D eigenvalue weighted by Crippen LogP contribution is -2.45. The molecule has 1 fully saturated rings. The van der Waals surface area contributed by atoms with Gasteiger partial charge in [0.15, 0.2) is 0 Å². The van der Waals surface area contributed by atoms with Crippen LogP contribution in [0.15, 0.2) is 30.3 Å². The number of benzene rings is 1. The molecule has 0 spiro atoms. The van der Waals surface area contributed by atoms with Gasteiger partial charge in [0, 0.05) is 98.2 Å². The monoisotopic (exact) mass is 576 g/mol. The summed E-state index contributed by atoms with van der Waals surface area (Å²) in [6.45, 7) is 17.2. The molecule has 1 heterocycles. The molecule has 0 radical (unpaired) electrons. The fourth-order valence-electron chi connectivity index (χ4n) is 4.77. The fraction of sp³-hybridized carbons (Fsp3) is 0.767. The zero-order valence-corrected chi connectivity index (χ0v) is 25.5. The minimum atomic E-state index is -0.292. The summed E-state index contributed by atoms with van der Waals surface area (Å²) in [5.41, 5.74) is 7.03. The van der Waals surface area contributed by atoms with Crippen molar-refractivity contribution in [3.05, 3.63) is 35.9 Å². The SMILES string of the molecule is NC(=O)C1CCNCCCCN(CCc2ccccc2)CCNCCNCCNCCNCCNCCNCCN1. The van der Waals surface area contributed by atoms with E-state index in [1.807, 2.05) is 0 Å². The van der Waals surface area contributed by atoms with Gasteiger partial charge in [-0.3, -0.25) is 4.79 Å². The lowest BCUT2D eigenvalue weighted by molar-refractivity contribution is -0.120. The molecule has 1 aromatic carbocycles. The molecule has 11 nitrogen and oxygen atoms in total. The van der Waals surface area contributed by atoms with E-state index in [1.54, 1.807) is 0 Å². The van der Waals surface area contributed by atoms with Gasteiger partial charge in [0.1, 0.15) is 0 Å². The smallest absolute Gasteiger partial charge is 0.234 e. The molecule has 1 atom stereocenters. The van der Waals surface area contributed by atoms with Crippen LogP contribution in [-0.2, 0) is 11.2 Å². The molecule has 41 heavy (non-hydrogen) atoms. The Hall–Kier alpha value is -1.67. The molecular formula is C30H60N10O. The number of primary amides is 1. The Morgan fingerprint density at radius 1 is 0.634 bits per heavy atom. The van der Waals surface area contributed by atoms with Crippen LogP contribution in [0, 0.1) is 0 Å². The highest BCUT2D eigenvalue weighted by molar-refractivity contribution is 5.79. The first-order valence-electron chi connectivity index (χ1n) is 16.0. The Morgan fingerprint density at radius 3 is 1.71 bits per heavy atom. The largest absolute Gasteiger partial charge is 0.368 e. The van der Waals surface area contributed by atoms with Crippen molar-refractivity contribution in [3.8, 4) is 0 Å². The minimum absolute atomic E-state index is 0.277. The lowest BCUT2D eigenvalue weighted by atomic mass is 10.1. The molecule has 1 aromatic rings. The van der Waals surface area contributed by atoms with Crippen LogP contribution in [-0.4, -0.2) is 135 Å². The summed E-state index contributed by atoms with van der Waals surface area (Å²) in [7, 11) is 0. The highest BCUT2D eigenvalue weighted by Gasteiger charge is 2.13. The molecule has 2 rings (SSSR count). The van der Waals surface area contributed by atoms with E-state index < -0.39 is 0 Å². The van der Waals surface area contributed by atoms with E-state index in [1.165, 1.54) is 5.56 Å². The van der Waals surface area contributed by atoms with E-state index in [-0.39, 0.29) is 11.9 Å². The summed E-state index contributed by atoms with van der Waals surface area (Å²) in [4.78, 5) is 14.4. The summed E-state index contributed by atoms with van der Waals surface area (Å²) in [6.07, 6.45) is 4.07. The summed E-state index contributed by atoms with van der Waals surface area (Å²) in [6, 6.07) is 10.5. The Labute approximate surface area is 249 Å². The number of carbonyl (C=O) groups excluding carboxylic acids is 1. The normalized spacial score (nSPS) is 22.9. The Balaban J connectivity index is 1.71. The Bertz CT molecular complexity index is 726. The van der Waals surface area contributed by atoms with E-state index in [0.717, 1.165) is 137 Å². The number of rotatable bonds is 4. The van der Waals surface area contributed by atoms with Gasteiger partial charge in [0.05, 0.1) is 6.04 Å². The van der Waals surface area contributed by atoms with Crippen molar-refractivity contribution in [1.82, 2.24) is 47.4 Å². The number of nitrogens with one attached hydrogen (secondary N) is 8. The fourth-order valence-corrected chi connectivity index (χ4v) is 4.77. The van der Waals surface area contributed by atoms with Crippen molar-refractivity contribution < 1.29 is 4.79 Å². The zero-order valence-electron chi connectivity index (χ0n) is 25.5. The van der Waals surface area contributed by atoms with Crippen LogP contribution in [0.5, 0.6) is 0 Å². The summed E-state index contributed by atoms with van der Waals surface area (Å²) in [5, 5.41) is 27.7. The third-order valence-electron chi connectivity index (χ3n) is 7.28. The van der Waals surface area contributed by atoms with Gasteiger partial charge in [-0.2, -0.15) is 0 Å². The molecule has 0 bridgehead atoms. The van der Waals surface area contributed by atoms with Crippen LogP contribution < -0.4 is 48.3 Å². The highest BCUT2D eigenvalue weighted by Crippen LogP contribution is 2.03. The third kappa shape index (κ3) is 20.8. The van der Waals surface area contributed by atoms with E-state index in [4.69, 9.17) is 5.73 Å². The molecule has 0 aromatic heterocycles. The Kier molecular flexibility index (Phi) is 22.5. The van der Waals surface area contributed by atoms with Gasteiger partial charge in [-0.25, -0.2) is 0 Å². The molecule has 1 aliphatic heterocycles. The molecule has 11 heteroatoms. The van der Waals surface area contributed by atoms with Crippen molar-refractivity contribution >= 4 is 5.91 Å². The average Bonchev–Trinajstić information content (AvgIpc) is 2.98. The lowest BCUT2D eigenvalue weighted by Gasteiger charge is -2.23. The number of carbonyl (C=O) groups is 1. The van der Waals surface area contributed by atoms with Gasteiger partial charge in [-0.15, -0.1) is 0 Å². The van der Waals surface area contributed by atoms with Crippen LogP contribution in [0.25, 0.3) is 0 Å². The van der Waals surface area contributed by atoms with Crippen LogP contribution in [0.1, 0.15) is 24.8 Å². The second kappa shape index (κ2) is 26.0. The van der Waals surface area contributed by atoms with Crippen molar-refractivity contribution in [3.63, 3.8) is 0 Å². The third-order valence-corrected chi connectivity index (χ3v) is 7.28. The zero-order chi connectivity index (χ0) is 29.1. The van der Waals surface area contributed by atoms with Gasteiger partial charge < -0.3 is 53.2 Å². The van der Waals surface area contributed by atoms with Crippen molar-refractivity contribution in [1.29, 1.82) is 0 Å². The van der Waals surface area contributed by atoms with Crippen molar-refractivity contribution in [2.45, 2.75) is 31.7 Å². The number of nitrogens with zero attached hydrogens (tertiary/aromatic N) is 1. The molecule has 1 amide bonds. The Morgan fingerprint density at radius 2 is 1.15 bits per heavy atom. The predicted molar refractivity (Wildman–Crippen MR) is 172 cm³/mol. The van der Waals surface area contributed by atoms with Gasteiger partial charge in [0.2, 0.25) is 5.91 Å². The maximum Gasteiger partial charge on any atom is 0.234 e. The number of amides is 1. The second-order valence-electron chi connectivity index (χ2n) is 10.7. The number of nitrogens with two attached hydrogens (primary N) is 1. The molecule has 1 unspecified atom stereocenters. The quantitative estimate of drug-likeness (QED) is 0.203. The first kappa shape index (κ1) is 35.5. The van der Waals surface area contributed by atoms with Crippen LogP contribution >= 0.6 is 0 Å². The molecule has 236 valence electrons. The summed E-state index contributed by atoms with van der Waals surface area (Å²) >= 11 is 0. The van der Waals surface area contributed by atoms with E-state index >= 15 is 0 Å². The van der Waals surface area contributed by atoms with Crippen LogP contribution in [0.3, 0.4) is 0 Å². The number of hydrogen-bond acceptors (Lipinski definition) is 10. The average molecular weight is 577 g/mol. The molecule has 10 N–H and O–H groups in total. The highest BCUT2D eigenvalue weighted by atomic mass is 16.1. The minimum Gasteiger partial charge on any atom is -0.368 e. The maximum atomic E-state index is 11.9. The van der Waals surface area contributed by atoms with Crippen LogP contribution in [0.2, 0.25) is 0 Å². The van der Waals surface area contributed by atoms with Crippen LogP contribution in [0.4, 0.5) is 0 Å². The van der Waals surface area contributed by atoms with E-state index in [0.29, 0.717) is 6.42 Å². The van der Waals surface area contributed by atoms with Gasteiger partial charge >= 0.3 is 0 Å². The van der Waals surface area contributed by atoms with Crippen molar-refractivity contribution in [2.24, 2.45) is 5.73 Å². The standard InChI is InChI=1S/C30H60N10O/c31-30(41)29-8-11-32-10-4-5-25-40(26-9-28-6-2-1-3-7-28)27-24-38-21-20-36-17-16-34-13-12-33-14-15-35-18-19-37-22-23-39-29/h1-3,6-7,29,32-39H,4-5,8-27H2,(H2,31,41). The first-order valence-corrected chi connectivity index (χ1v) is 16.0. The molecule has 0 saturated carbocycles. The van der Waals surface area contributed by atoms with Gasteiger partial charge in [0.25, 0.3) is 0 Å². The molecule has 1 saturated heterocycles. The summed E-state index contributed by atoms with van der Waals surface area (Å²) in [5.74, 6) is -0.277. The topological polar surface area (TPSA) is 143 Å². The predicted octanol–water partition coefficient (Wildman–Crippen LogP) is -1.71. The molecule has 0 aliphatic carbocycles. The van der Waals surface area contributed by atoms with Gasteiger partial charge in [-0.1, -0.05) is 30.3 Å². The maximum absolute atomic E-state index is 11.9. The van der Waals surface area contributed by atoms with E-state index in [2.05, 4.69) is 77.8 Å². The molecule has 1 aliphatic rings.